The summed E-state index contributed by atoms with van der Waals surface area (Å²) >= 11 is 1.69. The Kier molecular flexibility index (Phi) is 119. The molecular weight excluding hydrogens is 367 g/mol. The molecule has 0 aromatic heterocycles. The molecule has 5 heteroatoms. The average Bonchev–Trinajstić information content (AvgIpc) is 1.00. The van der Waals surface area contributed by atoms with E-state index in [1.54, 1.807) is 15.9 Å². The zero-order valence-corrected chi connectivity index (χ0v) is 10.4. The van der Waals surface area contributed by atoms with Crippen LogP contribution in [0.5, 0.6) is 0 Å². The van der Waals surface area contributed by atoms with Crippen LogP contribution in [0.15, 0.2) is 0 Å². The van der Waals surface area contributed by atoms with Crippen molar-refractivity contribution in [2.75, 3.05) is 0 Å². The first-order valence-corrected chi connectivity index (χ1v) is 0.636. The minimum absolute atomic E-state index is 0. The molecule has 1 radical (unpaired) electrons. The van der Waals surface area contributed by atoms with Crippen LogP contribution in [0, 0.1) is 35.6 Å². The molecule has 26 valence electrons. The third kappa shape index (κ3) is 18.4. The van der Waals surface area contributed by atoms with Gasteiger partial charge in [-0.05, 0) is 0 Å². The molecule has 0 aromatic carbocycles. The summed E-state index contributed by atoms with van der Waals surface area (Å²) in [5.74, 6) is 0. The van der Waals surface area contributed by atoms with Gasteiger partial charge in [-0.15, -0.1) is 0 Å². The van der Waals surface area contributed by atoms with Gasteiger partial charge >= 0.3 is 85.1 Å². The van der Waals surface area contributed by atoms with Crippen molar-refractivity contribution in [1.29, 1.82) is 0 Å². The topological polar surface area (TPSA) is 17.1 Å². The van der Waals surface area contributed by atoms with Crippen molar-refractivity contribution in [1.82, 2.24) is 0 Å². The van der Waals surface area contributed by atoms with Crippen molar-refractivity contribution < 1.29 is 58.2 Å². The van der Waals surface area contributed by atoms with E-state index in [9.17, 15) is 0 Å². The molecule has 0 aliphatic heterocycles. The third-order valence-corrected chi connectivity index (χ3v) is 0. The first-order chi connectivity index (χ1) is 1.00. The average molecular weight is 372 g/mol. The van der Waals surface area contributed by atoms with E-state index in [1.165, 1.54) is 0 Å². The molecule has 0 atom stereocenters. The van der Waals surface area contributed by atoms with E-state index in [1.807, 2.05) is 0 Å². The van der Waals surface area contributed by atoms with E-state index in [0.29, 0.717) is 0 Å². The maximum Gasteiger partial charge on any atom is 2.00 e. The fraction of sp³-hybridized carbons (Fsp3) is 0. The Balaban J connectivity index is -0.000000000500. The fourth-order valence-corrected chi connectivity index (χ4v) is 0. The summed E-state index contributed by atoms with van der Waals surface area (Å²) < 4.78 is 8.06. The molecule has 1 nitrogen and oxygen atoms in total. The quantitative estimate of drug-likeness (QED) is 0.475. The third-order valence-electron chi connectivity index (χ3n) is 0. The molecule has 0 rings (SSSR count). The van der Waals surface area contributed by atoms with Crippen LogP contribution in [0.4, 0.5) is 0 Å². The van der Waals surface area contributed by atoms with Crippen molar-refractivity contribution in [3.63, 3.8) is 0 Å². The first kappa shape index (κ1) is 23.4. The molecule has 0 amide bonds. The predicted molar refractivity (Wildman–Crippen MR) is 18.6 cm³/mol. The Morgan fingerprint density at radius 3 is 1.40 bits per heavy atom. The van der Waals surface area contributed by atoms with Crippen LogP contribution in [0.25, 0.3) is 0 Å². The van der Waals surface area contributed by atoms with Gasteiger partial charge in [0.15, 0.2) is 0 Å². The Bertz CT molecular complexity index is 17.7. The molecule has 0 bridgehead atoms. The molecule has 0 fully saturated rings. The van der Waals surface area contributed by atoms with Gasteiger partial charge in [-0.2, -0.15) is 0 Å². The van der Waals surface area contributed by atoms with Crippen LogP contribution >= 0.6 is 0 Å². The first-order valence-electron chi connectivity index (χ1n) is 0.154. The van der Waals surface area contributed by atoms with E-state index in [2.05, 4.69) is 0 Å². The Labute approximate surface area is 120 Å². The van der Waals surface area contributed by atoms with E-state index < -0.39 is 0 Å². The normalized spacial score (nSPS) is 0.800. The van der Waals surface area contributed by atoms with Crippen molar-refractivity contribution in [3.05, 3.63) is 0 Å². The smallest absolute Gasteiger partial charge is 2.00 e. The molecule has 0 spiro atoms. The van der Waals surface area contributed by atoms with Gasteiger partial charge in [-0.25, -0.2) is 0 Å². The second kappa shape index (κ2) is 25.4. The van der Waals surface area contributed by atoms with Crippen molar-refractivity contribution in [3.8, 4) is 0 Å². The molecule has 0 N–H and O–H groups in total. The van der Waals surface area contributed by atoms with Crippen molar-refractivity contribution in [2.24, 2.45) is 0 Å². The molecule has 0 saturated carbocycles. The molecule has 0 heterocycles. The second-order valence-corrected chi connectivity index (χ2v) is 0. The SMILES string of the molecule is [GaH3].[H-].[H-].[La].[O]=[Mn].[Sr+2]. The monoisotopic (exact) mass is 372 g/mol. The van der Waals surface area contributed by atoms with Gasteiger partial charge in [0.05, 0.1) is 0 Å². The standard InChI is InChI=1S/Ga.La.Mn.O.Sr.5H/q;;;;+2;;;;2*-1. The van der Waals surface area contributed by atoms with E-state index in [-0.39, 0.29) is 104 Å². The number of hydrogen-bond donors (Lipinski definition) is 0. The fourth-order valence-electron chi connectivity index (χ4n) is 0. The number of rotatable bonds is 0. The van der Waals surface area contributed by atoms with Crippen LogP contribution in [-0.2, 0) is 19.8 Å². The molecule has 0 aliphatic carbocycles. The zero-order valence-electron chi connectivity index (χ0n) is 4.07. The molecule has 5 heavy (non-hydrogen) atoms. The summed E-state index contributed by atoms with van der Waals surface area (Å²) in [5.41, 5.74) is 0. The van der Waals surface area contributed by atoms with Crippen LogP contribution in [0.2, 0.25) is 0 Å². The van der Waals surface area contributed by atoms with E-state index in [4.69, 9.17) is 3.83 Å². The maximum atomic E-state index is 8.06. The molecular formula is H5GaLaMnOSr. The van der Waals surface area contributed by atoms with Crippen LogP contribution in [0.3, 0.4) is 0 Å². The van der Waals surface area contributed by atoms with Gasteiger partial charge in [0.25, 0.3) is 0 Å². The van der Waals surface area contributed by atoms with Gasteiger partial charge in [0.1, 0.15) is 0 Å². The van der Waals surface area contributed by atoms with Crippen molar-refractivity contribution >= 4 is 65.3 Å². The summed E-state index contributed by atoms with van der Waals surface area (Å²) in [6.07, 6.45) is 0. The molecule has 0 unspecified atom stereocenters. The second-order valence-electron chi connectivity index (χ2n) is 0. The van der Waals surface area contributed by atoms with E-state index in [0.717, 1.165) is 0 Å². The Morgan fingerprint density at radius 1 is 1.40 bits per heavy atom. The van der Waals surface area contributed by atoms with Gasteiger partial charge in [0.2, 0.25) is 0 Å². The van der Waals surface area contributed by atoms with Gasteiger partial charge in [-0.1, -0.05) is 0 Å². The Hall–Kier alpha value is 3.63. The maximum absolute atomic E-state index is 8.06. The van der Waals surface area contributed by atoms with Gasteiger partial charge in [0, 0.05) is 35.6 Å². The molecule has 0 saturated heterocycles. The molecule has 0 aliphatic rings. The van der Waals surface area contributed by atoms with Crippen molar-refractivity contribution in [2.45, 2.75) is 0 Å². The molecule has 0 aromatic rings. The van der Waals surface area contributed by atoms with E-state index >= 15 is 0 Å². The largest absolute Gasteiger partial charge is 2.00 e. The summed E-state index contributed by atoms with van der Waals surface area (Å²) in [4.78, 5) is 0. The van der Waals surface area contributed by atoms with Crippen LogP contribution in [0.1, 0.15) is 2.85 Å². The summed E-state index contributed by atoms with van der Waals surface area (Å²) in [7, 11) is 0. The van der Waals surface area contributed by atoms with Crippen LogP contribution < -0.4 is 0 Å². The Morgan fingerprint density at radius 2 is 1.40 bits per heavy atom. The van der Waals surface area contributed by atoms with Crippen LogP contribution in [-0.4, -0.2) is 65.3 Å². The minimum atomic E-state index is 0. The predicted octanol–water partition coefficient (Wildman–Crippen LogP) is -1.46. The zero-order chi connectivity index (χ0) is 2.00. The van der Waals surface area contributed by atoms with Gasteiger partial charge < -0.3 is 2.85 Å². The number of hydrogen-bond acceptors (Lipinski definition) is 1. The summed E-state index contributed by atoms with van der Waals surface area (Å²) in [6.45, 7) is 0. The minimum Gasteiger partial charge on any atom is 2.00 e. The van der Waals surface area contributed by atoms with Gasteiger partial charge in [-0.3, -0.25) is 0 Å². The summed E-state index contributed by atoms with van der Waals surface area (Å²) in [5, 5.41) is 0. The summed E-state index contributed by atoms with van der Waals surface area (Å²) in [6, 6.07) is 0.